The molecule has 5 heteroatoms. The lowest BCUT2D eigenvalue weighted by atomic mass is 9.92. The van der Waals surface area contributed by atoms with Crippen LogP contribution in [0.4, 0.5) is 5.82 Å². The summed E-state index contributed by atoms with van der Waals surface area (Å²) in [5.41, 5.74) is 1.99. The van der Waals surface area contributed by atoms with Crippen LogP contribution in [-0.4, -0.2) is 26.3 Å². The number of aryl methyl sites for hydroxylation is 1. The van der Waals surface area contributed by atoms with Crippen molar-refractivity contribution in [3.8, 4) is 11.4 Å². The van der Waals surface area contributed by atoms with Gasteiger partial charge < -0.3 is 5.32 Å². The van der Waals surface area contributed by atoms with E-state index in [2.05, 4.69) is 50.0 Å². The molecule has 2 aromatic heterocycles. The molecule has 0 aliphatic heterocycles. The Balaban J connectivity index is 2.43. The van der Waals surface area contributed by atoms with E-state index in [0.29, 0.717) is 0 Å². The predicted octanol–water partition coefficient (Wildman–Crippen LogP) is 3.48. The van der Waals surface area contributed by atoms with Crippen molar-refractivity contribution in [2.75, 3.05) is 11.9 Å². The molecule has 0 radical (unpaired) electrons. The van der Waals surface area contributed by atoms with Gasteiger partial charge in [0.25, 0.3) is 0 Å². The van der Waals surface area contributed by atoms with Crippen molar-refractivity contribution in [3.63, 3.8) is 0 Å². The second kappa shape index (κ2) is 6.24. The van der Waals surface area contributed by atoms with Gasteiger partial charge in [-0.15, -0.1) is 0 Å². The molecule has 114 valence electrons. The lowest BCUT2D eigenvalue weighted by molar-refractivity contribution is 0.568. The van der Waals surface area contributed by atoms with E-state index in [1.807, 2.05) is 23.1 Å². The first-order valence-electron chi connectivity index (χ1n) is 7.60. The molecular weight excluding hydrogens is 262 g/mol. The van der Waals surface area contributed by atoms with Crippen molar-refractivity contribution < 1.29 is 0 Å². The van der Waals surface area contributed by atoms with Crippen LogP contribution < -0.4 is 5.32 Å². The van der Waals surface area contributed by atoms with Crippen molar-refractivity contribution in [2.45, 2.75) is 53.0 Å². The largest absolute Gasteiger partial charge is 0.370 e. The molecule has 0 bridgehead atoms. The molecule has 2 rings (SSSR count). The van der Waals surface area contributed by atoms with Gasteiger partial charge in [-0.1, -0.05) is 27.7 Å². The lowest BCUT2D eigenvalue weighted by Gasteiger charge is -2.19. The molecule has 1 N–H and O–H groups in total. The molecule has 0 saturated carbocycles. The Kier molecular flexibility index (Phi) is 4.60. The molecule has 0 atom stereocenters. The number of aromatic nitrogens is 4. The molecule has 0 aliphatic carbocycles. The van der Waals surface area contributed by atoms with E-state index in [9.17, 15) is 0 Å². The van der Waals surface area contributed by atoms with Gasteiger partial charge in [0.05, 0.1) is 17.5 Å². The van der Waals surface area contributed by atoms with Crippen molar-refractivity contribution in [2.24, 2.45) is 0 Å². The summed E-state index contributed by atoms with van der Waals surface area (Å²) in [7, 11) is 0. The number of hydrogen-bond donors (Lipinski definition) is 1. The molecule has 0 saturated heterocycles. The minimum absolute atomic E-state index is 0.0126. The Morgan fingerprint density at radius 3 is 2.57 bits per heavy atom. The van der Waals surface area contributed by atoms with Crippen LogP contribution >= 0.6 is 0 Å². The monoisotopic (exact) mass is 287 g/mol. The van der Waals surface area contributed by atoms with Crippen LogP contribution in [0.2, 0.25) is 0 Å². The van der Waals surface area contributed by atoms with Gasteiger partial charge in [-0.2, -0.15) is 5.10 Å². The van der Waals surface area contributed by atoms with Crippen LogP contribution in [0.1, 0.15) is 46.7 Å². The van der Waals surface area contributed by atoms with E-state index < -0.39 is 0 Å². The van der Waals surface area contributed by atoms with E-state index in [1.165, 1.54) is 0 Å². The Bertz CT molecular complexity index is 595. The second-order valence-corrected chi connectivity index (χ2v) is 6.23. The van der Waals surface area contributed by atoms with Gasteiger partial charge in [-0.25, -0.2) is 9.97 Å². The summed E-state index contributed by atoms with van der Waals surface area (Å²) < 4.78 is 1.94. The Labute approximate surface area is 126 Å². The molecule has 2 heterocycles. The summed E-state index contributed by atoms with van der Waals surface area (Å²) in [5, 5.41) is 7.65. The molecule has 0 fully saturated rings. The highest BCUT2D eigenvalue weighted by atomic mass is 15.3. The number of hydrogen-bond acceptors (Lipinski definition) is 4. The maximum atomic E-state index is 4.73. The van der Waals surface area contributed by atoms with Crippen LogP contribution in [0.5, 0.6) is 0 Å². The van der Waals surface area contributed by atoms with Crippen molar-refractivity contribution in [1.82, 2.24) is 19.7 Å². The molecular formula is C16H25N5. The summed E-state index contributed by atoms with van der Waals surface area (Å²) in [6.45, 7) is 12.5. The first-order valence-corrected chi connectivity index (χ1v) is 7.60. The molecule has 0 unspecified atom stereocenters. The zero-order valence-corrected chi connectivity index (χ0v) is 13.6. The van der Waals surface area contributed by atoms with Crippen molar-refractivity contribution >= 4 is 5.82 Å². The summed E-state index contributed by atoms with van der Waals surface area (Å²) in [5.74, 6) is 1.61. The third-order valence-corrected chi connectivity index (χ3v) is 3.20. The number of nitrogens with one attached hydrogen (secondary N) is 1. The first kappa shape index (κ1) is 15.5. The molecule has 0 amide bonds. The molecule has 2 aromatic rings. The molecule has 5 nitrogen and oxygen atoms in total. The fourth-order valence-electron chi connectivity index (χ4n) is 2.06. The summed E-state index contributed by atoms with van der Waals surface area (Å²) in [6.07, 6.45) is 4.92. The zero-order valence-electron chi connectivity index (χ0n) is 13.6. The van der Waals surface area contributed by atoms with Crippen LogP contribution in [0.25, 0.3) is 11.4 Å². The van der Waals surface area contributed by atoms with Crippen molar-refractivity contribution in [1.29, 1.82) is 0 Å². The second-order valence-electron chi connectivity index (χ2n) is 6.23. The molecule has 21 heavy (non-hydrogen) atoms. The fraction of sp³-hybridized carbons (Fsp3) is 0.562. The van der Waals surface area contributed by atoms with Crippen LogP contribution in [-0.2, 0) is 12.0 Å². The summed E-state index contributed by atoms with van der Waals surface area (Å²) in [4.78, 5) is 9.33. The lowest BCUT2D eigenvalue weighted by Crippen LogP contribution is -2.15. The van der Waals surface area contributed by atoms with Gasteiger partial charge in [0.2, 0.25) is 0 Å². The third kappa shape index (κ3) is 3.80. The minimum Gasteiger partial charge on any atom is -0.370 e. The quantitative estimate of drug-likeness (QED) is 0.914. The normalized spacial score (nSPS) is 11.7. The minimum atomic E-state index is -0.0126. The highest BCUT2D eigenvalue weighted by molar-refractivity contribution is 5.56. The summed E-state index contributed by atoms with van der Waals surface area (Å²) in [6, 6.07) is 2.03. The van der Waals surface area contributed by atoms with Gasteiger partial charge in [-0.3, -0.25) is 4.68 Å². The van der Waals surface area contributed by atoms with E-state index in [0.717, 1.165) is 42.4 Å². The maximum absolute atomic E-state index is 4.73. The van der Waals surface area contributed by atoms with Gasteiger partial charge >= 0.3 is 0 Å². The average molecular weight is 287 g/mol. The molecule has 0 spiro atoms. The topological polar surface area (TPSA) is 55.6 Å². The van der Waals surface area contributed by atoms with E-state index in [4.69, 9.17) is 4.98 Å². The van der Waals surface area contributed by atoms with Crippen LogP contribution in [0, 0.1) is 0 Å². The highest BCUT2D eigenvalue weighted by Crippen LogP contribution is 2.25. The number of rotatable bonds is 5. The predicted molar refractivity (Wildman–Crippen MR) is 86.4 cm³/mol. The first-order chi connectivity index (χ1) is 9.94. The molecule has 0 aliphatic rings. The number of anilines is 1. The van der Waals surface area contributed by atoms with Gasteiger partial charge in [0, 0.05) is 30.8 Å². The Hall–Kier alpha value is -1.91. The average Bonchev–Trinajstić information content (AvgIpc) is 2.87. The standard InChI is InChI=1S/C16H25N5/c1-6-8-21-11-12(10-18-21)15-19-13(16(3,4)5)9-14(20-15)17-7-2/h9-11H,6-8H2,1-5H3,(H,17,19,20). The fourth-order valence-corrected chi connectivity index (χ4v) is 2.06. The van der Waals surface area contributed by atoms with Gasteiger partial charge in [0.15, 0.2) is 5.82 Å². The van der Waals surface area contributed by atoms with E-state index in [-0.39, 0.29) is 5.41 Å². The Morgan fingerprint density at radius 2 is 1.95 bits per heavy atom. The SMILES string of the molecule is CCCn1cc(-c2nc(NCC)cc(C(C)(C)C)n2)cn1. The Morgan fingerprint density at radius 1 is 1.19 bits per heavy atom. The molecule has 0 aromatic carbocycles. The van der Waals surface area contributed by atoms with E-state index in [1.54, 1.807) is 0 Å². The van der Waals surface area contributed by atoms with Crippen LogP contribution in [0.15, 0.2) is 18.5 Å². The zero-order chi connectivity index (χ0) is 15.5. The smallest absolute Gasteiger partial charge is 0.164 e. The third-order valence-electron chi connectivity index (χ3n) is 3.20. The van der Waals surface area contributed by atoms with Crippen LogP contribution in [0.3, 0.4) is 0 Å². The van der Waals surface area contributed by atoms with Gasteiger partial charge in [0.1, 0.15) is 5.82 Å². The van der Waals surface area contributed by atoms with Crippen molar-refractivity contribution in [3.05, 3.63) is 24.2 Å². The number of nitrogens with zero attached hydrogens (tertiary/aromatic N) is 4. The summed E-state index contributed by atoms with van der Waals surface area (Å²) >= 11 is 0. The maximum Gasteiger partial charge on any atom is 0.164 e. The highest BCUT2D eigenvalue weighted by Gasteiger charge is 2.19. The van der Waals surface area contributed by atoms with Gasteiger partial charge in [-0.05, 0) is 13.3 Å². The van der Waals surface area contributed by atoms with E-state index >= 15 is 0 Å².